The number of nitrogens with zero attached hydrogens (tertiary/aromatic N) is 3. The molecule has 0 radical (unpaired) electrons. The Bertz CT molecular complexity index is 653. The number of benzene rings is 1. The van der Waals surface area contributed by atoms with E-state index in [-0.39, 0.29) is 24.5 Å². The second-order valence-electron chi connectivity index (χ2n) is 5.05. The Balaban J connectivity index is 2.26. The number of guanidine groups is 1. The molecule has 0 atom stereocenters. The zero-order valence-corrected chi connectivity index (χ0v) is 12.4. The molecule has 0 saturated carbocycles. The van der Waals surface area contributed by atoms with Gasteiger partial charge in [0.15, 0.2) is 5.78 Å². The molecule has 1 heterocycles. The minimum atomic E-state index is -0.460. The summed E-state index contributed by atoms with van der Waals surface area (Å²) in [6.45, 7) is 5.67. The SMILES string of the molecule is C=N/C(=N\C=C(/C)c1cccc(CO)c1F)N1CCC(=O)C1. The maximum Gasteiger partial charge on any atom is 0.225 e. The Labute approximate surface area is 128 Å². The molecule has 1 N–H and O–H groups in total. The van der Waals surface area contributed by atoms with Crippen LogP contribution in [0.5, 0.6) is 0 Å². The highest BCUT2D eigenvalue weighted by Gasteiger charge is 2.21. The van der Waals surface area contributed by atoms with Gasteiger partial charge in [0, 0.05) is 30.3 Å². The van der Waals surface area contributed by atoms with E-state index in [1.807, 2.05) is 0 Å². The molecule has 0 aromatic heterocycles. The molecule has 22 heavy (non-hydrogen) atoms. The second kappa shape index (κ2) is 7.09. The van der Waals surface area contributed by atoms with E-state index in [1.54, 1.807) is 24.0 Å². The van der Waals surface area contributed by atoms with Crippen LogP contribution in [0.1, 0.15) is 24.5 Å². The average Bonchev–Trinajstić information content (AvgIpc) is 2.94. The average molecular weight is 303 g/mol. The van der Waals surface area contributed by atoms with Gasteiger partial charge in [0.05, 0.1) is 13.2 Å². The minimum Gasteiger partial charge on any atom is -0.392 e. The van der Waals surface area contributed by atoms with Gasteiger partial charge in [0.25, 0.3) is 0 Å². The molecule has 116 valence electrons. The van der Waals surface area contributed by atoms with Gasteiger partial charge in [-0.2, -0.15) is 0 Å². The number of halogens is 1. The van der Waals surface area contributed by atoms with Gasteiger partial charge in [-0.1, -0.05) is 18.2 Å². The fraction of sp³-hybridized carbons (Fsp3) is 0.312. The predicted molar refractivity (Wildman–Crippen MR) is 84.2 cm³/mol. The van der Waals surface area contributed by atoms with Crippen molar-refractivity contribution in [2.45, 2.75) is 20.0 Å². The normalized spacial score (nSPS) is 16.3. The lowest BCUT2D eigenvalue weighted by Crippen LogP contribution is -2.26. The Morgan fingerprint density at radius 3 is 2.91 bits per heavy atom. The van der Waals surface area contributed by atoms with E-state index in [1.165, 1.54) is 12.3 Å². The van der Waals surface area contributed by atoms with Gasteiger partial charge in [0.2, 0.25) is 5.96 Å². The first kappa shape index (κ1) is 16.0. The molecular weight excluding hydrogens is 285 g/mol. The van der Waals surface area contributed by atoms with E-state index in [0.29, 0.717) is 30.1 Å². The monoisotopic (exact) mass is 303 g/mol. The third kappa shape index (κ3) is 3.46. The lowest BCUT2D eigenvalue weighted by atomic mass is 10.0. The Kier molecular flexibility index (Phi) is 5.16. The number of aliphatic imine (C=N–C) groups is 2. The summed E-state index contributed by atoms with van der Waals surface area (Å²) in [6, 6.07) is 4.83. The van der Waals surface area contributed by atoms with E-state index in [4.69, 9.17) is 5.11 Å². The predicted octanol–water partition coefficient (Wildman–Crippen LogP) is 2.01. The highest BCUT2D eigenvalue weighted by molar-refractivity contribution is 5.93. The van der Waals surface area contributed by atoms with Crippen LogP contribution in [0.3, 0.4) is 0 Å². The Morgan fingerprint density at radius 2 is 2.32 bits per heavy atom. The summed E-state index contributed by atoms with van der Waals surface area (Å²) >= 11 is 0. The number of likely N-dealkylation sites (tertiary alicyclic amines) is 1. The number of rotatable bonds is 3. The van der Waals surface area contributed by atoms with Crippen molar-refractivity contribution in [2.75, 3.05) is 13.1 Å². The fourth-order valence-corrected chi connectivity index (χ4v) is 2.25. The molecule has 0 unspecified atom stereocenters. The van der Waals surface area contributed by atoms with Crippen molar-refractivity contribution in [3.63, 3.8) is 0 Å². The molecule has 6 heteroatoms. The third-order valence-electron chi connectivity index (χ3n) is 3.50. The second-order valence-corrected chi connectivity index (χ2v) is 5.05. The van der Waals surface area contributed by atoms with Gasteiger partial charge in [-0.25, -0.2) is 14.4 Å². The molecule has 5 nitrogen and oxygen atoms in total. The quantitative estimate of drug-likeness (QED) is 0.686. The molecule has 0 bridgehead atoms. The third-order valence-corrected chi connectivity index (χ3v) is 3.50. The van der Waals surface area contributed by atoms with E-state index < -0.39 is 5.82 Å². The van der Waals surface area contributed by atoms with Gasteiger partial charge >= 0.3 is 0 Å². The molecule has 1 fully saturated rings. The van der Waals surface area contributed by atoms with Crippen molar-refractivity contribution < 1.29 is 14.3 Å². The van der Waals surface area contributed by atoms with Crippen molar-refractivity contribution in [3.05, 3.63) is 41.3 Å². The fourth-order valence-electron chi connectivity index (χ4n) is 2.25. The number of allylic oxidation sites excluding steroid dienone is 1. The molecular formula is C16H18FN3O2. The summed E-state index contributed by atoms with van der Waals surface area (Å²) in [7, 11) is 0. The number of carbonyl (C=O) groups is 1. The summed E-state index contributed by atoms with van der Waals surface area (Å²) in [5.74, 6) is 0.0288. The van der Waals surface area contributed by atoms with Crippen LogP contribution in [0, 0.1) is 5.82 Å². The molecule has 1 aromatic carbocycles. The zero-order chi connectivity index (χ0) is 16.1. The van der Waals surface area contributed by atoms with E-state index in [2.05, 4.69) is 16.7 Å². The summed E-state index contributed by atoms with van der Waals surface area (Å²) < 4.78 is 14.1. The van der Waals surface area contributed by atoms with Crippen LogP contribution < -0.4 is 0 Å². The number of aliphatic hydroxyl groups is 1. The molecule has 0 amide bonds. The van der Waals surface area contributed by atoms with Crippen molar-refractivity contribution in [1.29, 1.82) is 0 Å². The number of Topliss-reactive ketones (excluding diaryl/α,β-unsaturated/α-hetero) is 1. The summed E-state index contributed by atoms with van der Waals surface area (Å²) in [4.78, 5) is 21.1. The van der Waals surface area contributed by atoms with Gasteiger partial charge in [-0.3, -0.25) is 4.79 Å². The number of hydrogen-bond donors (Lipinski definition) is 1. The van der Waals surface area contributed by atoms with Crippen LogP contribution in [-0.4, -0.2) is 41.6 Å². The number of carbonyl (C=O) groups excluding carboxylic acids is 1. The first-order valence-corrected chi connectivity index (χ1v) is 6.93. The zero-order valence-electron chi connectivity index (χ0n) is 12.4. The minimum absolute atomic E-state index is 0.138. The lowest BCUT2D eigenvalue weighted by molar-refractivity contribution is -0.116. The van der Waals surface area contributed by atoms with Gasteiger partial charge in [-0.15, -0.1) is 0 Å². The maximum atomic E-state index is 14.1. The van der Waals surface area contributed by atoms with Crippen molar-refractivity contribution in [3.8, 4) is 0 Å². The topological polar surface area (TPSA) is 65.3 Å². The Hall–Kier alpha value is -2.34. The molecule has 0 aliphatic carbocycles. The lowest BCUT2D eigenvalue weighted by Gasteiger charge is -2.14. The number of ketones is 1. The summed E-state index contributed by atoms with van der Waals surface area (Å²) in [6.07, 6.45) is 1.97. The summed E-state index contributed by atoms with van der Waals surface area (Å²) in [5, 5.41) is 9.10. The van der Waals surface area contributed by atoms with Crippen molar-refractivity contribution in [2.24, 2.45) is 9.98 Å². The first-order chi connectivity index (χ1) is 10.6. The first-order valence-electron chi connectivity index (χ1n) is 6.93. The standard InChI is InChI=1S/C16H18FN3O2/c1-11(14-5-3-4-12(10-21)15(14)17)8-19-16(18-2)20-7-6-13(22)9-20/h3-5,8,21H,2,6-7,9-10H2,1H3/b11-8+,19-16+. The van der Waals surface area contributed by atoms with E-state index >= 15 is 0 Å². The maximum absolute atomic E-state index is 14.1. The number of hydrogen-bond acceptors (Lipinski definition) is 3. The molecule has 1 saturated heterocycles. The van der Waals surface area contributed by atoms with E-state index in [9.17, 15) is 9.18 Å². The van der Waals surface area contributed by atoms with Crippen LogP contribution in [0.4, 0.5) is 4.39 Å². The number of aliphatic hydroxyl groups excluding tert-OH is 1. The largest absolute Gasteiger partial charge is 0.392 e. The summed E-state index contributed by atoms with van der Waals surface area (Å²) in [5.41, 5.74) is 1.21. The van der Waals surface area contributed by atoms with Crippen molar-refractivity contribution >= 4 is 24.0 Å². The Morgan fingerprint density at radius 1 is 1.55 bits per heavy atom. The van der Waals surface area contributed by atoms with Gasteiger partial charge in [0.1, 0.15) is 5.82 Å². The van der Waals surface area contributed by atoms with Gasteiger partial charge in [-0.05, 0) is 19.2 Å². The molecule has 2 rings (SSSR count). The van der Waals surface area contributed by atoms with Crippen LogP contribution >= 0.6 is 0 Å². The smallest absolute Gasteiger partial charge is 0.225 e. The molecule has 1 aromatic rings. The molecule has 1 aliphatic heterocycles. The van der Waals surface area contributed by atoms with Crippen LogP contribution in [-0.2, 0) is 11.4 Å². The van der Waals surface area contributed by atoms with E-state index in [0.717, 1.165) is 0 Å². The van der Waals surface area contributed by atoms with Crippen LogP contribution in [0.15, 0.2) is 34.4 Å². The molecule has 1 aliphatic rings. The van der Waals surface area contributed by atoms with Gasteiger partial charge < -0.3 is 10.0 Å². The highest BCUT2D eigenvalue weighted by atomic mass is 19.1. The van der Waals surface area contributed by atoms with Crippen LogP contribution in [0.2, 0.25) is 0 Å². The van der Waals surface area contributed by atoms with Crippen molar-refractivity contribution in [1.82, 2.24) is 4.90 Å². The molecule has 0 spiro atoms. The van der Waals surface area contributed by atoms with Crippen LogP contribution in [0.25, 0.3) is 5.57 Å². The highest BCUT2D eigenvalue weighted by Crippen LogP contribution is 2.21.